The summed E-state index contributed by atoms with van der Waals surface area (Å²) in [5.41, 5.74) is 2.28. The van der Waals surface area contributed by atoms with Crippen molar-refractivity contribution in [3.05, 3.63) is 70.7 Å². The van der Waals surface area contributed by atoms with E-state index in [-0.39, 0.29) is 0 Å². The van der Waals surface area contributed by atoms with Crippen molar-refractivity contribution in [2.24, 2.45) is 0 Å². The van der Waals surface area contributed by atoms with E-state index in [2.05, 4.69) is 11.1 Å². The van der Waals surface area contributed by atoms with Gasteiger partial charge < -0.3 is 0 Å². The average molecular weight is 327 g/mol. The fourth-order valence-electron chi connectivity index (χ4n) is 2.11. The first-order valence-electron chi connectivity index (χ1n) is 6.59. The molecule has 3 aromatic rings. The van der Waals surface area contributed by atoms with Crippen LogP contribution in [0.5, 0.6) is 0 Å². The SMILES string of the molecule is N#Cc1ccc(CS(=O)c2ccc3cc(Cl)ccc3n2)cc1. The first-order valence-corrected chi connectivity index (χ1v) is 8.29. The molecule has 0 N–H and O–H groups in total. The quantitative estimate of drug-likeness (QED) is 0.729. The summed E-state index contributed by atoms with van der Waals surface area (Å²) >= 11 is 5.94. The summed E-state index contributed by atoms with van der Waals surface area (Å²) in [6, 6.07) is 18.2. The predicted molar refractivity (Wildman–Crippen MR) is 88.0 cm³/mol. The van der Waals surface area contributed by atoms with Gasteiger partial charge in [-0.1, -0.05) is 23.7 Å². The standard InChI is InChI=1S/C17H11ClN2OS/c18-15-6-7-16-14(9-15)5-8-17(20-16)22(21)11-13-3-1-12(10-19)2-4-13/h1-9H,11H2. The number of halogens is 1. The molecule has 108 valence electrons. The molecule has 0 aliphatic rings. The average Bonchev–Trinajstić information content (AvgIpc) is 2.55. The maximum atomic E-state index is 12.4. The second-order valence-electron chi connectivity index (χ2n) is 4.79. The fraction of sp³-hybridized carbons (Fsp3) is 0.0588. The zero-order valence-electron chi connectivity index (χ0n) is 11.5. The molecule has 1 atom stereocenters. The maximum absolute atomic E-state index is 12.4. The maximum Gasteiger partial charge on any atom is 0.128 e. The molecule has 0 saturated carbocycles. The number of benzene rings is 2. The van der Waals surface area contributed by atoms with Crippen LogP contribution in [0.4, 0.5) is 0 Å². The van der Waals surface area contributed by atoms with Crippen LogP contribution in [0.3, 0.4) is 0 Å². The Labute approximate surface area is 135 Å². The molecule has 1 unspecified atom stereocenters. The van der Waals surface area contributed by atoms with E-state index in [1.807, 2.05) is 30.3 Å². The van der Waals surface area contributed by atoms with Gasteiger partial charge in [0, 0.05) is 10.4 Å². The number of hydrogen-bond donors (Lipinski definition) is 0. The molecule has 0 spiro atoms. The highest BCUT2D eigenvalue weighted by atomic mass is 35.5. The Hall–Kier alpha value is -2.22. The zero-order chi connectivity index (χ0) is 15.5. The number of hydrogen-bond acceptors (Lipinski definition) is 3. The summed E-state index contributed by atoms with van der Waals surface area (Å²) in [4.78, 5) is 4.43. The molecule has 0 radical (unpaired) electrons. The molecular formula is C17H11ClN2OS. The van der Waals surface area contributed by atoms with Crippen molar-refractivity contribution in [2.75, 3.05) is 0 Å². The Balaban J connectivity index is 1.85. The lowest BCUT2D eigenvalue weighted by Crippen LogP contribution is -1.99. The van der Waals surface area contributed by atoms with Crippen LogP contribution in [0.1, 0.15) is 11.1 Å². The van der Waals surface area contributed by atoms with E-state index in [0.29, 0.717) is 21.4 Å². The highest BCUT2D eigenvalue weighted by molar-refractivity contribution is 7.84. The van der Waals surface area contributed by atoms with Gasteiger partial charge in [0.1, 0.15) is 5.03 Å². The van der Waals surface area contributed by atoms with Crippen molar-refractivity contribution < 1.29 is 4.21 Å². The van der Waals surface area contributed by atoms with Crippen molar-refractivity contribution in [3.8, 4) is 6.07 Å². The normalized spacial score (nSPS) is 12.0. The molecule has 2 aromatic carbocycles. The van der Waals surface area contributed by atoms with E-state index in [9.17, 15) is 4.21 Å². The van der Waals surface area contributed by atoms with Gasteiger partial charge >= 0.3 is 0 Å². The van der Waals surface area contributed by atoms with Crippen LogP contribution in [-0.2, 0) is 16.6 Å². The van der Waals surface area contributed by atoms with Gasteiger partial charge in [-0.15, -0.1) is 0 Å². The third-order valence-electron chi connectivity index (χ3n) is 3.24. The van der Waals surface area contributed by atoms with Crippen molar-refractivity contribution in [1.29, 1.82) is 5.26 Å². The molecule has 22 heavy (non-hydrogen) atoms. The minimum absolute atomic E-state index is 0.373. The van der Waals surface area contributed by atoms with E-state index >= 15 is 0 Å². The lowest BCUT2D eigenvalue weighted by Gasteiger charge is -2.04. The van der Waals surface area contributed by atoms with E-state index in [4.69, 9.17) is 16.9 Å². The Kier molecular flexibility index (Phi) is 4.19. The number of rotatable bonds is 3. The lowest BCUT2D eigenvalue weighted by molar-refractivity contribution is 0.680. The highest BCUT2D eigenvalue weighted by Gasteiger charge is 2.08. The van der Waals surface area contributed by atoms with Gasteiger partial charge in [-0.25, -0.2) is 4.98 Å². The van der Waals surface area contributed by atoms with Crippen LogP contribution in [0.2, 0.25) is 5.02 Å². The van der Waals surface area contributed by atoms with Gasteiger partial charge in [-0.2, -0.15) is 5.26 Å². The van der Waals surface area contributed by atoms with E-state index < -0.39 is 10.8 Å². The summed E-state index contributed by atoms with van der Waals surface area (Å²) in [5.74, 6) is 0.373. The highest BCUT2D eigenvalue weighted by Crippen LogP contribution is 2.20. The summed E-state index contributed by atoms with van der Waals surface area (Å²) in [6.45, 7) is 0. The van der Waals surface area contributed by atoms with Crippen molar-refractivity contribution >= 4 is 33.3 Å². The van der Waals surface area contributed by atoms with Gasteiger partial charge in [-0.3, -0.25) is 4.21 Å². The Bertz CT molecular complexity index is 901. The molecule has 3 nitrogen and oxygen atoms in total. The molecule has 5 heteroatoms. The second kappa shape index (κ2) is 6.27. The molecule has 0 aliphatic heterocycles. The first-order chi connectivity index (χ1) is 10.7. The lowest BCUT2D eigenvalue weighted by atomic mass is 10.2. The molecule has 3 rings (SSSR count). The van der Waals surface area contributed by atoms with Gasteiger partial charge in [0.25, 0.3) is 0 Å². The second-order valence-corrected chi connectivity index (χ2v) is 6.62. The number of aromatic nitrogens is 1. The minimum Gasteiger partial charge on any atom is -0.252 e. The summed E-state index contributed by atoms with van der Waals surface area (Å²) in [6.07, 6.45) is 0. The summed E-state index contributed by atoms with van der Waals surface area (Å²) in [5, 5.41) is 10.9. The topological polar surface area (TPSA) is 53.8 Å². The molecule has 0 bridgehead atoms. The van der Waals surface area contributed by atoms with Gasteiger partial charge in [0.2, 0.25) is 0 Å². The first kappa shape index (κ1) is 14.7. The number of pyridine rings is 1. The monoisotopic (exact) mass is 326 g/mol. The van der Waals surface area contributed by atoms with Crippen LogP contribution in [0.15, 0.2) is 59.6 Å². The smallest absolute Gasteiger partial charge is 0.128 e. The molecule has 1 aromatic heterocycles. The molecule has 0 amide bonds. The third kappa shape index (κ3) is 3.16. The third-order valence-corrected chi connectivity index (χ3v) is 4.76. The van der Waals surface area contributed by atoms with Crippen LogP contribution in [0, 0.1) is 11.3 Å². The predicted octanol–water partition coefficient (Wildman–Crippen LogP) is 4.07. The van der Waals surface area contributed by atoms with Crippen LogP contribution >= 0.6 is 11.6 Å². The Morgan fingerprint density at radius 1 is 1.09 bits per heavy atom. The van der Waals surface area contributed by atoms with Crippen molar-refractivity contribution in [1.82, 2.24) is 4.98 Å². The van der Waals surface area contributed by atoms with Crippen LogP contribution in [0.25, 0.3) is 10.9 Å². The molecule has 0 fully saturated rings. The van der Waals surface area contributed by atoms with Crippen LogP contribution in [-0.4, -0.2) is 9.19 Å². The van der Waals surface area contributed by atoms with E-state index in [1.54, 1.807) is 24.3 Å². The van der Waals surface area contributed by atoms with Crippen molar-refractivity contribution in [2.45, 2.75) is 10.8 Å². The zero-order valence-corrected chi connectivity index (χ0v) is 13.1. The number of nitriles is 1. The Morgan fingerprint density at radius 3 is 2.59 bits per heavy atom. The number of nitrogens with zero attached hydrogens (tertiary/aromatic N) is 2. The largest absolute Gasteiger partial charge is 0.252 e. The van der Waals surface area contributed by atoms with E-state index in [0.717, 1.165) is 16.5 Å². The summed E-state index contributed by atoms with van der Waals surface area (Å²) < 4.78 is 12.4. The molecule has 0 aliphatic carbocycles. The molecule has 1 heterocycles. The Morgan fingerprint density at radius 2 is 1.86 bits per heavy atom. The van der Waals surface area contributed by atoms with E-state index in [1.165, 1.54) is 0 Å². The van der Waals surface area contributed by atoms with Gasteiger partial charge in [0.15, 0.2) is 0 Å². The molecular weight excluding hydrogens is 316 g/mol. The van der Waals surface area contributed by atoms with Crippen molar-refractivity contribution in [3.63, 3.8) is 0 Å². The minimum atomic E-state index is -1.23. The summed E-state index contributed by atoms with van der Waals surface area (Å²) in [7, 11) is -1.23. The van der Waals surface area contributed by atoms with Crippen LogP contribution < -0.4 is 0 Å². The molecule has 0 saturated heterocycles. The number of fused-ring (bicyclic) bond motifs is 1. The van der Waals surface area contributed by atoms with Gasteiger partial charge in [-0.05, 0) is 48.0 Å². The fourth-order valence-corrected chi connectivity index (χ4v) is 3.35. The van der Waals surface area contributed by atoms with Gasteiger partial charge in [0.05, 0.1) is 33.7 Å².